The maximum Gasteiger partial charge on any atom is 0.224 e. The molecule has 108 valence electrons. The third kappa shape index (κ3) is 3.18. The largest absolute Gasteiger partial charge is 0.349 e. The molecule has 2 aromatic carbocycles. The van der Waals surface area contributed by atoms with Gasteiger partial charge in [-0.3, -0.25) is 4.79 Å². The fourth-order valence-electron chi connectivity index (χ4n) is 2.93. The van der Waals surface area contributed by atoms with Crippen molar-refractivity contribution in [2.75, 3.05) is 0 Å². The number of carbonyl (C=O) groups is 1. The third-order valence-corrected chi connectivity index (χ3v) is 4.62. The number of hydrogen-bond acceptors (Lipinski definition) is 1. The third-order valence-electron chi connectivity index (χ3n) is 4.13. The molecule has 2 aromatic rings. The fourth-order valence-corrected chi connectivity index (χ4v) is 3.35. The van der Waals surface area contributed by atoms with Crippen LogP contribution < -0.4 is 5.32 Å². The average Bonchev–Trinajstić information content (AvgIpc) is 2.91. The second-order valence-electron chi connectivity index (χ2n) is 5.66. The molecule has 21 heavy (non-hydrogen) atoms. The first-order chi connectivity index (χ1) is 10.1. The zero-order chi connectivity index (χ0) is 14.8. The van der Waals surface area contributed by atoms with Gasteiger partial charge in [0.25, 0.3) is 0 Å². The monoisotopic (exact) mass is 343 g/mol. The lowest BCUT2D eigenvalue weighted by atomic mass is 10.0. The summed E-state index contributed by atoms with van der Waals surface area (Å²) in [4.78, 5) is 12.5. The van der Waals surface area contributed by atoms with Crippen molar-refractivity contribution >= 4 is 21.8 Å². The number of rotatable bonds is 3. The van der Waals surface area contributed by atoms with E-state index in [2.05, 4.69) is 33.4 Å². The Morgan fingerprint density at radius 3 is 2.43 bits per heavy atom. The van der Waals surface area contributed by atoms with Crippen LogP contribution in [0, 0.1) is 5.92 Å². The summed E-state index contributed by atoms with van der Waals surface area (Å²) in [6, 6.07) is 16.4. The van der Waals surface area contributed by atoms with E-state index in [1.54, 1.807) is 0 Å². The first-order valence-corrected chi connectivity index (χ1v) is 8.05. The molecule has 0 spiro atoms. The van der Waals surface area contributed by atoms with Gasteiger partial charge in [-0.2, -0.15) is 0 Å². The molecule has 1 aliphatic rings. The summed E-state index contributed by atoms with van der Waals surface area (Å²) in [5.74, 6) is 0.218. The Bertz CT molecular complexity index is 643. The van der Waals surface area contributed by atoms with E-state index in [9.17, 15) is 4.79 Å². The van der Waals surface area contributed by atoms with Gasteiger partial charge in [-0.05, 0) is 48.6 Å². The predicted molar refractivity (Wildman–Crippen MR) is 88.0 cm³/mol. The Kier molecular flexibility index (Phi) is 4.11. The van der Waals surface area contributed by atoms with Gasteiger partial charge in [0.2, 0.25) is 5.91 Å². The molecular weight excluding hydrogens is 326 g/mol. The molecule has 1 amide bonds. The van der Waals surface area contributed by atoms with Crippen LogP contribution in [0.3, 0.4) is 0 Å². The smallest absolute Gasteiger partial charge is 0.224 e. The summed E-state index contributed by atoms with van der Waals surface area (Å²) in [7, 11) is 0. The fraction of sp³-hybridized carbons (Fsp3) is 0.278. The van der Waals surface area contributed by atoms with E-state index in [0.717, 1.165) is 22.9 Å². The van der Waals surface area contributed by atoms with E-state index >= 15 is 0 Å². The number of fused-ring (bicyclic) bond motifs is 1. The van der Waals surface area contributed by atoms with Crippen LogP contribution in [-0.4, -0.2) is 5.91 Å². The maximum atomic E-state index is 12.5. The molecule has 0 bridgehead atoms. The molecule has 0 heterocycles. The van der Waals surface area contributed by atoms with Gasteiger partial charge in [-0.1, -0.05) is 52.3 Å². The van der Waals surface area contributed by atoms with E-state index in [0.29, 0.717) is 0 Å². The number of halogens is 1. The van der Waals surface area contributed by atoms with Gasteiger partial charge < -0.3 is 5.32 Å². The lowest BCUT2D eigenvalue weighted by Gasteiger charge is -2.17. The van der Waals surface area contributed by atoms with Crippen LogP contribution in [0.25, 0.3) is 0 Å². The van der Waals surface area contributed by atoms with Crippen molar-refractivity contribution in [3.05, 3.63) is 69.7 Å². The van der Waals surface area contributed by atoms with Gasteiger partial charge in [0.05, 0.1) is 6.04 Å². The van der Waals surface area contributed by atoms with Crippen LogP contribution in [0.1, 0.15) is 29.7 Å². The zero-order valence-electron chi connectivity index (χ0n) is 12.0. The van der Waals surface area contributed by atoms with E-state index in [-0.39, 0.29) is 17.9 Å². The van der Waals surface area contributed by atoms with Crippen molar-refractivity contribution in [1.82, 2.24) is 5.32 Å². The van der Waals surface area contributed by atoms with Gasteiger partial charge in [0.15, 0.2) is 0 Å². The van der Waals surface area contributed by atoms with Crippen molar-refractivity contribution < 1.29 is 4.79 Å². The molecule has 0 fully saturated rings. The summed E-state index contributed by atoms with van der Waals surface area (Å²) >= 11 is 3.47. The van der Waals surface area contributed by atoms with E-state index in [4.69, 9.17) is 0 Å². The molecule has 1 aliphatic carbocycles. The quantitative estimate of drug-likeness (QED) is 0.895. The Balaban J connectivity index is 1.65. The highest BCUT2D eigenvalue weighted by atomic mass is 79.9. The first kappa shape index (κ1) is 14.3. The first-order valence-electron chi connectivity index (χ1n) is 7.26. The van der Waals surface area contributed by atoms with Gasteiger partial charge in [0.1, 0.15) is 0 Å². The van der Waals surface area contributed by atoms with Crippen LogP contribution >= 0.6 is 15.9 Å². The molecule has 1 unspecified atom stereocenters. The van der Waals surface area contributed by atoms with E-state index < -0.39 is 0 Å². The second kappa shape index (κ2) is 6.02. The molecule has 3 heteroatoms. The Hall–Kier alpha value is -1.61. The number of hydrogen-bond donors (Lipinski definition) is 1. The zero-order valence-corrected chi connectivity index (χ0v) is 13.6. The van der Waals surface area contributed by atoms with Gasteiger partial charge in [-0.25, -0.2) is 0 Å². The van der Waals surface area contributed by atoms with Crippen molar-refractivity contribution in [3.63, 3.8) is 0 Å². The highest BCUT2D eigenvalue weighted by Crippen LogP contribution is 2.27. The van der Waals surface area contributed by atoms with Crippen molar-refractivity contribution in [2.45, 2.75) is 25.8 Å². The van der Waals surface area contributed by atoms with Crippen LogP contribution in [-0.2, 0) is 17.6 Å². The molecule has 0 radical (unpaired) electrons. The van der Waals surface area contributed by atoms with Gasteiger partial charge in [0, 0.05) is 10.4 Å². The predicted octanol–water partition coefficient (Wildman–Crippen LogP) is 4.04. The minimum Gasteiger partial charge on any atom is -0.349 e. The molecule has 0 aliphatic heterocycles. The number of carbonyl (C=O) groups excluding carboxylic acids is 1. The summed E-state index contributed by atoms with van der Waals surface area (Å²) in [6.07, 6.45) is 1.71. The molecule has 0 saturated carbocycles. The van der Waals surface area contributed by atoms with Crippen molar-refractivity contribution in [3.8, 4) is 0 Å². The number of nitrogens with one attached hydrogen (secondary N) is 1. The lowest BCUT2D eigenvalue weighted by molar-refractivity contribution is -0.125. The Morgan fingerprint density at radius 2 is 1.81 bits per heavy atom. The molecular formula is C18H18BrNO. The average molecular weight is 344 g/mol. The second-order valence-corrected chi connectivity index (χ2v) is 6.57. The van der Waals surface area contributed by atoms with Gasteiger partial charge >= 0.3 is 0 Å². The molecule has 1 atom stereocenters. The molecule has 0 aromatic heterocycles. The molecule has 3 rings (SSSR count). The summed E-state index contributed by atoms with van der Waals surface area (Å²) in [5, 5.41) is 3.14. The molecule has 2 nitrogen and oxygen atoms in total. The van der Waals surface area contributed by atoms with E-state index in [1.165, 1.54) is 11.1 Å². The Labute approximate surface area is 133 Å². The SMILES string of the molecule is CC(NC(=O)C1Cc2ccccc2C1)c1cccc(Br)c1. The Morgan fingerprint density at radius 1 is 1.14 bits per heavy atom. The number of benzene rings is 2. The topological polar surface area (TPSA) is 29.1 Å². The summed E-state index contributed by atoms with van der Waals surface area (Å²) < 4.78 is 1.04. The molecule has 1 N–H and O–H groups in total. The standard InChI is InChI=1S/C18H18BrNO/c1-12(13-7-4-8-17(19)11-13)20-18(21)16-9-14-5-2-3-6-15(14)10-16/h2-8,11-12,16H,9-10H2,1H3,(H,20,21). The highest BCUT2D eigenvalue weighted by molar-refractivity contribution is 9.10. The minimum atomic E-state index is 0.0266. The van der Waals surface area contributed by atoms with Crippen LogP contribution in [0.15, 0.2) is 53.0 Å². The normalized spacial score (nSPS) is 15.5. The maximum absolute atomic E-state index is 12.5. The summed E-state index contributed by atoms with van der Waals surface area (Å²) in [6.45, 7) is 2.03. The van der Waals surface area contributed by atoms with Gasteiger partial charge in [-0.15, -0.1) is 0 Å². The molecule has 0 saturated heterocycles. The summed E-state index contributed by atoms with van der Waals surface area (Å²) in [5.41, 5.74) is 3.74. The van der Waals surface area contributed by atoms with Crippen LogP contribution in [0.4, 0.5) is 0 Å². The van der Waals surface area contributed by atoms with Crippen molar-refractivity contribution in [1.29, 1.82) is 0 Å². The van der Waals surface area contributed by atoms with E-state index in [1.807, 2.05) is 43.3 Å². The van der Waals surface area contributed by atoms with Crippen LogP contribution in [0.5, 0.6) is 0 Å². The van der Waals surface area contributed by atoms with Crippen LogP contribution in [0.2, 0.25) is 0 Å². The minimum absolute atomic E-state index is 0.0266. The lowest BCUT2D eigenvalue weighted by Crippen LogP contribution is -2.33. The van der Waals surface area contributed by atoms with Crippen molar-refractivity contribution in [2.24, 2.45) is 5.92 Å². The number of amides is 1. The highest BCUT2D eigenvalue weighted by Gasteiger charge is 2.27.